The lowest BCUT2D eigenvalue weighted by Crippen LogP contribution is -2.06. The van der Waals surface area contributed by atoms with Crippen molar-refractivity contribution in [1.29, 1.82) is 0 Å². The normalized spacial score (nSPS) is 10.2. The molecule has 0 saturated carbocycles. The van der Waals surface area contributed by atoms with E-state index in [1.807, 2.05) is 18.2 Å². The molecule has 0 spiro atoms. The number of anilines is 1. The fourth-order valence-electron chi connectivity index (χ4n) is 1.78. The molecule has 2 rings (SSSR count). The van der Waals surface area contributed by atoms with Crippen LogP contribution in [0.25, 0.3) is 0 Å². The summed E-state index contributed by atoms with van der Waals surface area (Å²) in [5.41, 5.74) is 7.11. The van der Waals surface area contributed by atoms with E-state index in [-0.39, 0.29) is 17.1 Å². The summed E-state index contributed by atoms with van der Waals surface area (Å²) in [4.78, 5) is 15.6. The first-order chi connectivity index (χ1) is 10.1. The van der Waals surface area contributed by atoms with E-state index in [1.165, 1.54) is 19.4 Å². The van der Waals surface area contributed by atoms with Crippen LogP contribution in [0.4, 0.5) is 5.69 Å². The van der Waals surface area contributed by atoms with Crippen LogP contribution in [-0.2, 0) is 16.1 Å². The topological polar surface area (TPSA) is 83.7 Å². The van der Waals surface area contributed by atoms with Gasteiger partial charge in [0.25, 0.3) is 0 Å². The summed E-state index contributed by atoms with van der Waals surface area (Å²) in [6.07, 6.45) is 1.36. The quantitative estimate of drug-likeness (QED) is 0.850. The Morgan fingerprint density at radius 1 is 1.29 bits per heavy atom. The first kappa shape index (κ1) is 14.8. The van der Waals surface area contributed by atoms with Gasteiger partial charge in [0.05, 0.1) is 31.2 Å². The molecule has 0 unspecified atom stereocenters. The number of benzene rings is 1. The van der Waals surface area contributed by atoms with Crippen LogP contribution in [0.15, 0.2) is 36.5 Å². The van der Waals surface area contributed by atoms with Crippen LogP contribution in [-0.4, -0.2) is 25.2 Å². The highest BCUT2D eigenvalue weighted by molar-refractivity contribution is 5.95. The molecule has 0 radical (unpaired) electrons. The number of aromatic nitrogens is 1. The first-order valence-corrected chi connectivity index (χ1v) is 6.23. The summed E-state index contributed by atoms with van der Waals surface area (Å²) < 4.78 is 15.3. The standard InChI is InChI=1S/C15H16N2O4/c1-19-9-10-4-3-5-11(6-10)21-14-7-12(15(18)20-2)13(16)8-17-14/h3-8H,9,16H2,1-2H3. The third kappa shape index (κ3) is 3.70. The Bertz CT molecular complexity index is 643. The minimum atomic E-state index is -0.534. The number of nitrogens with two attached hydrogens (primary N) is 1. The molecule has 2 aromatic rings. The number of carbonyl (C=O) groups excluding carboxylic acids is 1. The molecule has 0 bridgehead atoms. The maximum Gasteiger partial charge on any atom is 0.340 e. The van der Waals surface area contributed by atoms with Crippen molar-refractivity contribution in [3.8, 4) is 11.6 Å². The predicted molar refractivity (Wildman–Crippen MR) is 77.2 cm³/mol. The maximum atomic E-state index is 11.6. The Morgan fingerprint density at radius 3 is 2.81 bits per heavy atom. The highest BCUT2D eigenvalue weighted by Crippen LogP contribution is 2.24. The van der Waals surface area contributed by atoms with E-state index in [0.717, 1.165) is 5.56 Å². The molecule has 6 nitrogen and oxygen atoms in total. The molecule has 2 N–H and O–H groups in total. The second-order valence-corrected chi connectivity index (χ2v) is 4.28. The van der Waals surface area contributed by atoms with Crippen LogP contribution in [0.1, 0.15) is 15.9 Å². The van der Waals surface area contributed by atoms with Gasteiger partial charge in [0.2, 0.25) is 5.88 Å². The second kappa shape index (κ2) is 6.71. The fourth-order valence-corrected chi connectivity index (χ4v) is 1.78. The van der Waals surface area contributed by atoms with Crippen LogP contribution in [0, 0.1) is 0 Å². The summed E-state index contributed by atoms with van der Waals surface area (Å²) >= 11 is 0. The minimum Gasteiger partial charge on any atom is -0.465 e. The highest BCUT2D eigenvalue weighted by atomic mass is 16.5. The molecule has 0 aliphatic carbocycles. The molecule has 0 fully saturated rings. The number of hydrogen-bond donors (Lipinski definition) is 1. The molecule has 110 valence electrons. The monoisotopic (exact) mass is 288 g/mol. The number of methoxy groups -OCH3 is 2. The first-order valence-electron chi connectivity index (χ1n) is 6.23. The van der Waals surface area contributed by atoms with Crippen molar-refractivity contribution in [3.63, 3.8) is 0 Å². The Hall–Kier alpha value is -2.60. The molecule has 21 heavy (non-hydrogen) atoms. The summed E-state index contributed by atoms with van der Waals surface area (Å²) in [5, 5.41) is 0. The van der Waals surface area contributed by atoms with Crippen LogP contribution in [0.3, 0.4) is 0 Å². The van der Waals surface area contributed by atoms with E-state index in [2.05, 4.69) is 9.72 Å². The molecule has 0 amide bonds. The van der Waals surface area contributed by atoms with Gasteiger partial charge in [-0.1, -0.05) is 12.1 Å². The molecule has 1 heterocycles. The zero-order chi connectivity index (χ0) is 15.2. The van der Waals surface area contributed by atoms with Crippen molar-refractivity contribution in [1.82, 2.24) is 4.98 Å². The number of esters is 1. The van der Waals surface area contributed by atoms with Crippen molar-refractivity contribution < 1.29 is 19.0 Å². The smallest absolute Gasteiger partial charge is 0.340 e. The Labute approximate surface area is 122 Å². The van der Waals surface area contributed by atoms with E-state index in [1.54, 1.807) is 13.2 Å². The molecular weight excluding hydrogens is 272 g/mol. The largest absolute Gasteiger partial charge is 0.465 e. The molecule has 0 aliphatic heterocycles. The number of nitrogens with zero attached hydrogens (tertiary/aromatic N) is 1. The Morgan fingerprint density at radius 2 is 2.10 bits per heavy atom. The van der Waals surface area contributed by atoms with E-state index >= 15 is 0 Å². The number of carbonyl (C=O) groups is 1. The summed E-state index contributed by atoms with van der Waals surface area (Å²) in [5.74, 6) is 0.324. The average Bonchev–Trinajstić information content (AvgIpc) is 2.49. The van der Waals surface area contributed by atoms with Crippen LogP contribution >= 0.6 is 0 Å². The van der Waals surface area contributed by atoms with E-state index in [9.17, 15) is 4.79 Å². The Kier molecular flexibility index (Phi) is 4.73. The van der Waals surface area contributed by atoms with Crippen molar-refractivity contribution in [2.75, 3.05) is 20.0 Å². The molecule has 1 aromatic carbocycles. The van der Waals surface area contributed by atoms with E-state index in [0.29, 0.717) is 12.4 Å². The molecule has 6 heteroatoms. The maximum absolute atomic E-state index is 11.6. The third-order valence-electron chi connectivity index (χ3n) is 2.75. The van der Waals surface area contributed by atoms with Gasteiger partial charge >= 0.3 is 5.97 Å². The number of pyridine rings is 1. The fraction of sp³-hybridized carbons (Fsp3) is 0.200. The van der Waals surface area contributed by atoms with Gasteiger partial charge < -0.3 is 19.9 Å². The SMILES string of the molecule is COCc1cccc(Oc2cc(C(=O)OC)c(N)cn2)c1. The van der Waals surface area contributed by atoms with Crippen LogP contribution in [0.5, 0.6) is 11.6 Å². The molecule has 0 atom stereocenters. The highest BCUT2D eigenvalue weighted by Gasteiger charge is 2.12. The van der Waals surface area contributed by atoms with Crippen molar-refractivity contribution in [2.45, 2.75) is 6.61 Å². The van der Waals surface area contributed by atoms with Crippen molar-refractivity contribution in [2.24, 2.45) is 0 Å². The van der Waals surface area contributed by atoms with Gasteiger partial charge in [0.15, 0.2) is 0 Å². The lowest BCUT2D eigenvalue weighted by Gasteiger charge is -2.09. The summed E-state index contributed by atoms with van der Waals surface area (Å²) in [7, 11) is 2.91. The third-order valence-corrected chi connectivity index (χ3v) is 2.75. The summed E-state index contributed by atoms with van der Waals surface area (Å²) in [6, 6.07) is 8.84. The van der Waals surface area contributed by atoms with Gasteiger partial charge in [-0.15, -0.1) is 0 Å². The van der Waals surface area contributed by atoms with Crippen LogP contribution < -0.4 is 10.5 Å². The zero-order valence-electron chi connectivity index (χ0n) is 11.8. The lowest BCUT2D eigenvalue weighted by molar-refractivity contribution is 0.0601. The van der Waals surface area contributed by atoms with Crippen molar-refractivity contribution in [3.05, 3.63) is 47.7 Å². The number of ether oxygens (including phenoxy) is 3. The second-order valence-electron chi connectivity index (χ2n) is 4.28. The zero-order valence-corrected chi connectivity index (χ0v) is 11.8. The molecule has 0 aliphatic rings. The number of nitrogen functional groups attached to an aromatic ring is 1. The van der Waals surface area contributed by atoms with E-state index < -0.39 is 5.97 Å². The van der Waals surface area contributed by atoms with Gasteiger partial charge in [-0.3, -0.25) is 0 Å². The van der Waals surface area contributed by atoms with Gasteiger partial charge in [0, 0.05) is 13.2 Å². The molecule has 1 aromatic heterocycles. The molecule has 0 saturated heterocycles. The lowest BCUT2D eigenvalue weighted by atomic mass is 10.2. The number of rotatable bonds is 5. The predicted octanol–water partition coefficient (Wildman–Crippen LogP) is 2.39. The summed E-state index contributed by atoms with van der Waals surface area (Å²) in [6.45, 7) is 0.486. The van der Waals surface area contributed by atoms with Gasteiger partial charge in [-0.2, -0.15) is 0 Å². The van der Waals surface area contributed by atoms with Gasteiger partial charge in [-0.05, 0) is 17.7 Å². The number of hydrogen-bond acceptors (Lipinski definition) is 6. The average molecular weight is 288 g/mol. The Balaban J connectivity index is 2.23. The minimum absolute atomic E-state index is 0.218. The van der Waals surface area contributed by atoms with Gasteiger partial charge in [-0.25, -0.2) is 9.78 Å². The van der Waals surface area contributed by atoms with Gasteiger partial charge in [0.1, 0.15) is 5.75 Å². The van der Waals surface area contributed by atoms with Crippen molar-refractivity contribution >= 4 is 11.7 Å². The van der Waals surface area contributed by atoms with E-state index in [4.69, 9.17) is 15.2 Å². The molecular formula is C15H16N2O4. The van der Waals surface area contributed by atoms with Crippen LogP contribution in [0.2, 0.25) is 0 Å².